The molecule has 1 aliphatic rings. The van der Waals surface area contributed by atoms with Crippen molar-refractivity contribution in [2.24, 2.45) is 0 Å². The Balaban J connectivity index is 1.51. The molecule has 1 saturated heterocycles. The van der Waals surface area contributed by atoms with Crippen molar-refractivity contribution in [3.05, 3.63) is 47.0 Å². The average molecular weight is 418 g/mol. The van der Waals surface area contributed by atoms with Gasteiger partial charge in [0.05, 0.1) is 14.2 Å². The lowest BCUT2D eigenvalue weighted by atomic mass is 10.2. The van der Waals surface area contributed by atoms with E-state index in [9.17, 15) is 4.79 Å². The van der Waals surface area contributed by atoms with Crippen LogP contribution in [-0.4, -0.2) is 56.2 Å². The van der Waals surface area contributed by atoms with Crippen LogP contribution in [0.15, 0.2) is 36.4 Å². The molecule has 0 aliphatic carbocycles. The lowest BCUT2D eigenvalue weighted by molar-refractivity contribution is 0.0747. The largest absolute Gasteiger partial charge is 0.495 e. The van der Waals surface area contributed by atoms with Gasteiger partial charge in [0.25, 0.3) is 5.91 Å². The molecular formula is C20H20ClN3O3S. The van der Waals surface area contributed by atoms with E-state index in [0.29, 0.717) is 23.7 Å². The zero-order chi connectivity index (χ0) is 19.7. The Morgan fingerprint density at radius 2 is 1.79 bits per heavy atom. The van der Waals surface area contributed by atoms with Crippen molar-refractivity contribution in [2.75, 3.05) is 45.3 Å². The fourth-order valence-electron chi connectivity index (χ4n) is 3.31. The summed E-state index contributed by atoms with van der Waals surface area (Å²) < 4.78 is 11.9. The van der Waals surface area contributed by atoms with Crippen LogP contribution < -0.4 is 14.4 Å². The van der Waals surface area contributed by atoms with Crippen molar-refractivity contribution >= 4 is 44.2 Å². The Bertz CT molecular complexity index is 974. The van der Waals surface area contributed by atoms with Gasteiger partial charge in [-0.1, -0.05) is 29.0 Å². The van der Waals surface area contributed by atoms with Gasteiger partial charge >= 0.3 is 0 Å². The van der Waals surface area contributed by atoms with Crippen molar-refractivity contribution in [1.29, 1.82) is 0 Å². The maximum Gasteiger partial charge on any atom is 0.254 e. The summed E-state index contributed by atoms with van der Waals surface area (Å²) in [7, 11) is 3.29. The molecule has 1 aromatic heterocycles. The highest BCUT2D eigenvalue weighted by Crippen LogP contribution is 2.40. The number of methoxy groups -OCH3 is 2. The molecule has 1 fully saturated rings. The van der Waals surface area contributed by atoms with Gasteiger partial charge in [0.1, 0.15) is 21.7 Å². The number of halogens is 1. The standard InChI is InChI=1S/C20H20ClN3O3S/c1-26-15-6-7-16(27-2)18-17(15)22-20(28-18)24-10-8-23(9-11-24)19(25)13-4-3-5-14(21)12-13/h3-7,12H,8-11H2,1-2H3. The van der Waals surface area contributed by atoms with Crippen LogP contribution in [0.2, 0.25) is 5.02 Å². The maximum atomic E-state index is 12.7. The first-order valence-electron chi connectivity index (χ1n) is 8.92. The Morgan fingerprint density at radius 3 is 2.46 bits per heavy atom. The highest BCUT2D eigenvalue weighted by molar-refractivity contribution is 7.22. The topological polar surface area (TPSA) is 54.9 Å². The summed E-state index contributed by atoms with van der Waals surface area (Å²) >= 11 is 7.59. The van der Waals surface area contributed by atoms with E-state index < -0.39 is 0 Å². The maximum absolute atomic E-state index is 12.7. The van der Waals surface area contributed by atoms with Gasteiger partial charge < -0.3 is 19.3 Å². The molecule has 8 heteroatoms. The van der Waals surface area contributed by atoms with Crippen LogP contribution in [0.4, 0.5) is 5.13 Å². The quantitative estimate of drug-likeness (QED) is 0.643. The molecule has 0 unspecified atom stereocenters. The number of carbonyl (C=O) groups is 1. The summed E-state index contributed by atoms with van der Waals surface area (Å²) in [6, 6.07) is 10.8. The van der Waals surface area contributed by atoms with E-state index in [1.807, 2.05) is 17.0 Å². The van der Waals surface area contributed by atoms with Gasteiger partial charge in [-0.05, 0) is 30.3 Å². The number of benzene rings is 2. The van der Waals surface area contributed by atoms with E-state index in [-0.39, 0.29) is 5.91 Å². The lowest BCUT2D eigenvalue weighted by Gasteiger charge is -2.34. The third-order valence-electron chi connectivity index (χ3n) is 4.81. The number of rotatable bonds is 4. The summed E-state index contributed by atoms with van der Waals surface area (Å²) in [5.41, 5.74) is 1.43. The van der Waals surface area contributed by atoms with Crippen molar-refractivity contribution in [3.8, 4) is 11.5 Å². The molecule has 3 aromatic rings. The molecule has 4 rings (SSSR count). The van der Waals surface area contributed by atoms with Crippen LogP contribution in [0.5, 0.6) is 11.5 Å². The number of ether oxygens (including phenoxy) is 2. The third kappa shape index (κ3) is 3.47. The van der Waals surface area contributed by atoms with Crippen LogP contribution in [0.1, 0.15) is 10.4 Å². The number of fused-ring (bicyclic) bond motifs is 1. The van der Waals surface area contributed by atoms with Gasteiger partial charge in [-0.15, -0.1) is 0 Å². The molecule has 28 heavy (non-hydrogen) atoms. The number of aromatic nitrogens is 1. The van der Waals surface area contributed by atoms with Crippen molar-refractivity contribution < 1.29 is 14.3 Å². The SMILES string of the molecule is COc1ccc(OC)c2sc(N3CCN(C(=O)c4cccc(Cl)c4)CC3)nc12. The fraction of sp³-hybridized carbons (Fsp3) is 0.300. The summed E-state index contributed by atoms with van der Waals surface area (Å²) in [6.45, 7) is 2.71. The van der Waals surface area contributed by atoms with E-state index in [0.717, 1.165) is 39.9 Å². The normalized spacial score (nSPS) is 14.4. The minimum Gasteiger partial charge on any atom is -0.495 e. The van der Waals surface area contributed by atoms with Gasteiger partial charge in [0, 0.05) is 36.8 Å². The number of nitrogens with zero attached hydrogens (tertiary/aromatic N) is 3. The molecule has 0 N–H and O–H groups in total. The molecule has 1 aliphatic heterocycles. The second-order valence-electron chi connectivity index (χ2n) is 6.43. The van der Waals surface area contributed by atoms with Crippen LogP contribution in [0, 0.1) is 0 Å². The van der Waals surface area contributed by atoms with E-state index in [1.165, 1.54) is 0 Å². The number of hydrogen-bond acceptors (Lipinski definition) is 6. The monoisotopic (exact) mass is 417 g/mol. The van der Waals surface area contributed by atoms with Crippen LogP contribution in [0.3, 0.4) is 0 Å². The smallest absolute Gasteiger partial charge is 0.254 e. The van der Waals surface area contributed by atoms with Crippen LogP contribution in [0.25, 0.3) is 10.2 Å². The molecule has 0 saturated carbocycles. The van der Waals surface area contributed by atoms with E-state index in [4.69, 9.17) is 26.1 Å². The first-order chi connectivity index (χ1) is 13.6. The third-order valence-corrected chi connectivity index (χ3v) is 6.17. The van der Waals surface area contributed by atoms with Crippen molar-refractivity contribution in [2.45, 2.75) is 0 Å². The molecular weight excluding hydrogens is 398 g/mol. The Morgan fingerprint density at radius 1 is 1.07 bits per heavy atom. The fourth-order valence-corrected chi connectivity index (χ4v) is 4.63. The van der Waals surface area contributed by atoms with Gasteiger partial charge in [-0.2, -0.15) is 0 Å². The number of amides is 1. The molecule has 0 radical (unpaired) electrons. The Kier molecular flexibility index (Phi) is 5.28. The number of thiazole rings is 1. The van der Waals surface area contributed by atoms with Crippen molar-refractivity contribution in [1.82, 2.24) is 9.88 Å². The van der Waals surface area contributed by atoms with E-state index in [2.05, 4.69) is 4.90 Å². The predicted molar refractivity (Wildman–Crippen MR) is 112 cm³/mol. The average Bonchev–Trinajstić information content (AvgIpc) is 3.18. The summed E-state index contributed by atoms with van der Waals surface area (Å²) in [6.07, 6.45) is 0. The van der Waals surface area contributed by atoms with Gasteiger partial charge in [-0.3, -0.25) is 4.79 Å². The zero-order valence-electron chi connectivity index (χ0n) is 15.6. The highest BCUT2D eigenvalue weighted by Gasteiger charge is 2.25. The number of anilines is 1. The second kappa shape index (κ2) is 7.85. The van der Waals surface area contributed by atoms with Crippen LogP contribution >= 0.6 is 22.9 Å². The number of hydrogen-bond donors (Lipinski definition) is 0. The lowest BCUT2D eigenvalue weighted by Crippen LogP contribution is -2.48. The molecule has 6 nitrogen and oxygen atoms in total. The van der Waals surface area contributed by atoms with Gasteiger partial charge in [-0.25, -0.2) is 4.98 Å². The molecule has 2 aromatic carbocycles. The Labute approximate surface area is 172 Å². The van der Waals surface area contributed by atoms with E-state index >= 15 is 0 Å². The van der Waals surface area contributed by atoms with Crippen molar-refractivity contribution in [3.63, 3.8) is 0 Å². The first kappa shape index (κ1) is 18.8. The minimum absolute atomic E-state index is 0.00906. The first-order valence-corrected chi connectivity index (χ1v) is 10.1. The van der Waals surface area contributed by atoms with E-state index in [1.54, 1.807) is 49.8 Å². The summed E-state index contributed by atoms with van der Waals surface area (Å²) in [4.78, 5) is 21.5. The van der Waals surface area contributed by atoms with Gasteiger partial charge in [0.15, 0.2) is 5.13 Å². The molecule has 0 bridgehead atoms. The summed E-state index contributed by atoms with van der Waals surface area (Å²) in [5, 5.41) is 1.48. The van der Waals surface area contributed by atoms with Crippen LogP contribution in [-0.2, 0) is 0 Å². The Hall–Kier alpha value is -2.51. The highest BCUT2D eigenvalue weighted by atomic mass is 35.5. The summed E-state index contributed by atoms with van der Waals surface area (Å²) in [5.74, 6) is 1.53. The molecule has 0 atom stereocenters. The number of carbonyl (C=O) groups excluding carboxylic acids is 1. The molecule has 1 amide bonds. The number of piperazine rings is 1. The zero-order valence-corrected chi connectivity index (χ0v) is 17.2. The molecule has 0 spiro atoms. The van der Waals surface area contributed by atoms with Gasteiger partial charge in [0.2, 0.25) is 0 Å². The molecule has 146 valence electrons. The predicted octanol–water partition coefficient (Wildman–Crippen LogP) is 3.93. The molecule has 2 heterocycles. The second-order valence-corrected chi connectivity index (χ2v) is 7.85. The minimum atomic E-state index is 0.00906.